The van der Waals surface area contributed by atoms with Crippen molar-refractivity contribution in [1.82, 2.24) is 13.9 Å². The molecule has 4 fully saturated rings. The van der Waals surface area contributed by atoms with Crippen LogP contribution < -0.4 is 11.4 Å². The Hall–Kier alpha value is -1.69. The first-order chi connectivity index (χ1) is 12.2. The monoisotopic (exact) mass is 355 g/mol. The lowest BCUT2D eigenvalue weighted by molar-refractivity contribution is -0.0546. The third-order valence-electron chi connectivity index (χ3n) is 7.10. The predicted molar refractivity (Wildman–Crippen MR) is 96.9 cm³/mol. The SMILES string of the molecule is O=c1n(-c2ccccc2)c(=O)n2n1CSC21C2CC3CC(C2)CC1C3. The Bertz CT molecular complexity index is 943. The van der Waals surface area contributed by atoms with E-state index in [0.29, 0.717) is 23.4 Å². The summed E-state index contributed by atoms with van der Waals surface area (Å²) in [6.45, 7) is 0. The minimum absolute atomic E-state index is 0.145. The van der Waals surface area contributed by atoms with Crippen LogP contribution in [0, 0.1) is 23.7 Å². The fraction of sp³-hybridized carbons (Fsp3) is 0.579. The molecule has 2 aromatic rings. The van der Waals surface area contributed by atoms with Gasteiger partial charge in [-0.05, 0) is 67.9 Å². The summed E-state index contributed by atoms with van der Waals surface area (Å²) in [7, 11) is 0. The Morgan fingerprint density at radius 2 is 1.52 bits per heavy atom. The summed E-state index contributed by atoms with van der Waals surface area (Å²) in [5.41, 5.74) is 0.346. The number of aromatic nitrogens is 3. The molecule has 25 heavy (non-hydrogen) atoms. The van der Waals surface area contributed by atoms with Crippen LogP contribution in [0.1, 0.15) is 32.1 Å². The van der Waals surface area contributed by atoms with E-state index in [-0.39, 0.29) is 16.3 Å². The second kappa shape index (κ2) is 4.72. The van der Waals surface area contributed by atoms with Crippen LogP contribution in [0.3, 0.4) is 0 Å². The molecule has 5 nitrogen and oxygen atoms in total. The molecular formula is C19H21N3O2S. The first kappa shape index (κ1) is 14.5. The molecule has 6 heteroatoms. The first-order valence-corrected chi connectivity index (χ1v) is 10.3. The van der Waals surface area contributed by atoms with Crippen LogP contribution in [-0.4, -0.2) is 13.9 Å². The van der Waals surface area contributed by atoms with Crippen LogP contribution in [0.4, 0.5) is 0 Å². The zero-order valence-corrected chi connectivity index (χ0v) is 14.8. The molecule has 5 aliphatic rings. The molecule has 0 unspecified atom stereocenters. The number of fused-ring (bicyclic) bond motifs is 1. The third kappa shape index (κ3) is 1.67. The highest BCUT2D eigenvalue weighted by atomic mass is 32.2. The average Bonchev–Trinajstić information content (AvgIpc) is 3.12. The smallest absolute Gasteiger partial charge is 0.245 e. The maximum Gasteiger partial charge on any atom is 0.353 e. The van der Waals surface area contributed by atoms with Crippen LogP contribution in [0.15, 0.2) is 39.9 Å². The molecule has 4 bridgehead atoms. The summed E-state index contributed by atoms with van der Waals surface area (Å²) in [5.74, 6) is 3.40. The van der Waals surface area contributed by atoms with Crippen molar-refractivity contribution in [1.29, 1.82) is 0 Å². The van der Waals surface area contributed by atoms with Gasteiger partial charge in [0.1, 0.15) is 4.87 Å². The molecule has 7 rings (SSSR count). The summed E-state index contributed by atoms with van der Waals surface area (Å²) in [6.07, 6.45) is 6.32. The number of nitrogens with zero attached hydrogens (tertiary/aromatic N) is 3. The van der Waals surface area contributed by atoms with Gasteiger partial charge in [-0.2, -0.15) is 0 Å². The zero-order chi connectivity index (χ0) is 16.8. The van der Waals surface area contributed by atoms with Gasteiger partial charge >= 0.3 is 11.4 Å². The average molecular weight is 355 g/mol. The summed E-state index contributed by atoms with van der Waals surface area (Å²) < 4.78 is 4.95. The third-order valence-corrected chi connectivity index (χ3v) is 8.77. The molecule has 130 valence electrons. The molecule has 4 saturated carbocycles. The van der Waals surface area contributed by atoms with Crippen LogP contribution in [-0.2, 0) is 10.7 Å². The van der Waals surface area contributed by atoms with Crippen LogP contribution in [0.2, 0.25) is 0 Å². The molecule has 1 spiro atoms. The van der Waals surface area contributed by atoms with Crippen molar-refractivity contribution in [2.24, 2.45) is 23.7 Å². The van der Waals surface area contributed by atoms with Crippen molar-refractivity contribution in [2.45, 2.75) is 42.9 Å². The second-order valence-electron chi connectivity index (χ2n) is 8.28. The van der Waals surface area contributed by atoms with Gasteiger partial charge in [-0.15, -0.1) is 11.8 Å². The Morgan fingerprint density at radius 3 is 2.16 bits per heavy atom. The van der Waals surface area contributed by atoms with Gasteiger partial charge in [-0.1, -0.05) is 18.2 Å². The maximum atomic E-state index is 13.4. The van der Waals surface area contributed by atoms with E-state index in [1.165, 1.54) is 36.7 Å². The number of para-hydroxylation sites is 1. The van der Waals surface area contributed by atoms with E-state index >= 15 is 0 Å². The topological polar surface area (TPSA) is 48.9 Å². The van der Waals surface area contributed by atoms with Crippen LogP contribution in [0.5, 0.6) is 0 Å². The van der Waals surface area contributed by atoms with Gasteiger partial charge in [-0.25, -0.2) is 23.5 Å². The number of hydrogen-bond donors (Lipinski definition) is 0. The summed E-state index contributed by atoms with van der Waals surface area (Å²) in [5, 5.41) is 0. The Labute approximate surface area is 149 Å². The number of hydrogen-bond acceptors (Lipinski definition) is 3. The van der Waals surface area contributed by atoms with Crippen molar-refractivity contribution in [3.8, 4) is 5.69 Å². The number of thioether (sulfide) groups is 1. The fourth-order valence-corrected chi connectivity index (χ4v) is 8.11. The minimum atomic E-state index is -0.186. The van der Waals surface area contributed by atoms with E-state index in [1.807, 2.05) is 46.8 Å². The van der Waals surface area contributed by atoms with Gasteiger partial charge in [0, 0.05) is 0 Å². The van der Waals surface area contributed by atoms with Gasteiger partial charge < -0.3 is 0 Å². The van der Waals surface area contributed by atoms with Gasteiger partial charge in [0.05, 0.1) is 11.6 Å². The molecule has 0 N–H and O–H groups in total. The lowest BCUT2D eigenvalue weighted by Gasteiger charge is -2.59. The molecule has 0 atom stereocenters. The lowest BCUT2D eigenvalue weighted by atomic mass is 9.53. The summed E-state index contributed by atoms with van der Waals surface area (Å²) >= 11 is 1.86. The van der Waals surface area contributed by atoms with E-state index in [2.05, 4.69) is 0 Å². The highest BCUT2D eigenvalue weighted by Gasteiger charge is 2.62. The highest BCUT2D eigenvalue weighted by Crippen LogP contribution is 2.66. The maximum absolute atomic E-state index is 13.4. The Kier molecular flexibility index (Phi) is 2.74. The molecule has 1 aliphatic heterocycles. The molecule has 0 amide bonds. The molecular weight excluding hydrogens is 334 g/mol. The standard InChI is InChI=1S/C19H21N3O2S/c23-17-20-11-25-19(14-7-12-6-13(9-14)10-15(19)8-12)22(20)18(24)21(17)16-4-2-1-3-5-16/h1-5,12-15H,6-11H2. The van der Waals surface area contributed by atoms with Gasteiger partial charge in [0.2, 0.25) is 0 Å². The predicted octanol–water partition coefficient (Wildman–Crippen LogP) is 2.61. The molecule has 0 radical (unpaired) electrons. The van der Waals surface area contributed by atoms with E-state index in [9.17, 15) is 9.59 Å². The molecule has 2 heterocycles. The number of rotatable bonds is 1. The van der Waals surface area contributed by atoms with Crippen molar-refractivity contribution in [2.75, 3.05) is 0 Å². The minimum Gasteiger partial charge on any atom is -0.245 e. The molecule has 4 aliphatic carbocycles. The van der Waals surface area contributed by atoms with E-state index in [1.54, 1.807) is 4.68 Å². The van der Waals surface area contributed by atoms with E-state index in [0.717, 1.165) is 11.8 Å². The summed E-state index contributed by atoms with van der Waals surface area (Å²) in [4.78, 5) is 26.2. The molecule has 1 aromatic heterocycles. The van der Waals surface area contributed by atoms with Crippen molar-refractivity contribution in [3.05, 3.63) is 51.3 Å². The normalized spacial score (nSPS) is 37.8. The van der Waals surface area contributed by atoms with Crippen molar-refractivity contribution in [3.63, 3.8) is 0 Å². The second-order valence-corrected chi connectivity index (χ2v) is 9.48. The van der Waals surface area contributed by atoms with Crippen LogP contribution in [0.25, 0.3) is 5.69 Å². The first-order valence-electron chi connectivity index (χ1n) is 9.33. The van der Waals surface area contributed by atoms with Crippen LogP contribution >= 0.6 is 11.8 Å². The largest absolute Gasteiger partial charge is 0.353 e. The summed E-state index contributed by atoms with van der Waals surface area (Å²) in [6, 6.07) is 9.35. The zero-order valence-electron chi connectivity index (χ0n) is 14.0. The number of benzene rings is 1. The van der Waals surface area contributed by atoms with Crippen molar-refractivity contribution >= 4 is 11.8 Å². The molecule has 0 saturated heterocycles. The van der Waals surface area contributed by atoms with Gasteiger partial charge in [0.15, 0.2) is 0 Å². The highest BCUT2D eigenvalue weighted by molar-refractivity contribution is 7.99. The Balaban J connectivity index is 1.58. The van der Waals surface area contributed by atoms with E-state index < -0.39 is 0 Å². The quantitative estimate of drug-likeness (QED) is 0.790. The fourth-order valence-electron chi connectivity index (χ4n) is 6.40. The van der Waals surface area contributed by atoms with Gasteiger partial charge in [0.25, 0.3) is 0 Å². The lowest BCUT2D eigenvalue weighted by Crippen LogP contribution is -2.58. The van der Waals surface area contributed by atoms with Gasteiger partial charge in [-0.3, -0.25) is 0 Å². The van der Waals surface area contributed by atoms with Crippen molar-refractivity contribution < 1.29 is 0 Å². The molecule has 1 aromatic carbocycles. The Morgan fingerprint density at radius 1 is 0.880 bits per heavy atom. The van der Waals surface area contributed by atoms with E-state index in [4.69, 9.17) is 0 Å².